The van der Waals surface area contributed by atoms with Gasteiger partial charge in [0.25, 0.3) is 0 Å². The summed E-state index contributed by atoms with van der Waals surface area (Å²) in [5, 5.41) is 0. The van der Waals surface area contributed by atoms with Gasteiger partial charge in [0.2, 0.25) is 5.91 Å². The zero-order valence-electron chi connectivity index (χ0n) is 16.3. The molecule has 0 N–H and O–H groups in total. The van der Waals surface area contributed by atoms with Crippen LogP contribution in [-0.2, 0) is 11.3 Å². The number of unbranched alkanes of at least 4 members (excludes halogenated alkanes) is 3. The minimum atomic E-state index is -0.291. The highest BCUT2D eigenvalue weighted by molar-refractivity contribution is 5.96. The number of carbonyl (C=O) groups excluding carboxylic acids is 1. The molecule has 3 aromatic rings. The van der Waals surface area contributed by atoms with E-state index in [1.807, 2.05) is 18.2 Å². The molecule has 0 radical (unpaired) electrons. The Bertz CT molecular complexity index is 964. The highest BCUT2D eigenvalue weighted by Gasteiger charge is 2.34. The minimum absolute atomic E-state index is 0.0520. The number of rotatable bonds is 7. The Hall–Kier alpha value is -2.69. The normalized spacial score (nSPS) is 17.0. The third-order valence-electron chi connectivity index (χ3n) is 5.55. The number of aromatic nitrogens is 2. The summed E-state index contributed by atoms with van der Waals surface area (Å²) in [4.78, 5) is 19.3. The number of carbonyl (C=O) groups is 1. The standard InChI is InChI=1S/C23H26FN3O/c1-2-3-4-7-14-26-21-9-6-5-8-20(21)25-23(26)17-15-22(28)27(16-17)19-12-10-18(24)11-13-19/h5-6,8-13,17H,2-4,7,14-16H2,1H3. The Balaban J connectivity index is 1.61. The molecule has 1 aromatic heterocycles. The number of benzene rings is 2. The summed E-state index contributed by atoms with van der Waals surface area (Å²) in [5.74, 6) is 0.828. The summed E-state index contributed by atoms with van der Waals surface area (Å²) < 4.78 is 15.5. The molecule has 1 aliphatic rings. The maximum atomic E-state index is 13.2. The van der Waals surface area contributed by atoms with Crippen LogP contribution in [-0.4, -0.2) is 22.0 Å². The molecule has 1 saturated heterocycles. The predicted octanol–water partition coefficient (Wildman–Crippen LogP) is 5.28. The number of hydrogen-bond acceptors (Lipinski definition) is 2. The van der Waals surface area contributed by atoms with E-state index >= 15 is 0 Å². The van der Waals surface area contributed by atoms with Crippen LogP contribution in [0.2, 0.25) is 0 Å². The highest BCUT2D eigenvalue weighted by Crippen LogP contribution is 2.33. The van der Waals surface area contributed by atoms with Crippen LogP contribution >= 0.6 is 0 Å². The topological polar surface area (TPSA) is 38.1 Å². The Morgan fingerprint density at radius 3 is 2.64 bits per heavy atom. The van der Waals surface area contributed by atoms with Gasteiger partial charge >= 0.3 is 0 Å². The molecule has 1 atom stereocenters. The van der Waals surface area contributed by atoms with Crippen LogP contribution in [0.25, 0.3) is 11.0 Å². The van der Waals surface area contributed by atoms with Crippen molar-refractivity contribution < 1.29 is 9.18 Å². The fourth-order valence-electron chi connectivity index (χ4n) is 4.09. The SMILES string of the molecule is CCCCCCn1c(C2CC(=O)N(c3ccc(F)cc3)C2)nc2ccccc21. The van der Waals surface area contributed by atoms with Gasteiger partial charge in [-0.3, -0.25) is 4.79 Å². The van der Waals surface area contributed by atoms with Gasteiger partial charge in [0.15, 0.2) is 0 Å². The average molecular weight is 379 g/mol. The summed E-state index contributed by atoms with van der Waals surface area (Å²) in [5.41, 5.74) is 2.88. The van der Waals surface area contributed by atoms with E-state index < -0.39 is 0 Å². The van der Waals surface area contributed by atoms with Crippen LogP contribution in [0.5, 0.6) is 0 Å². The lowest BCUT2D eigenvalue weighted by molar-refractivity contribution is -0.117. The van der Waals surface area contributed by atoms with Gasteiger partial charge in [0.1, 0.15) is 11.6 Å². The van der Waals surface area contributed by atoms with Gasteiger partial charge in [-0.05, 0) is 42.8 Å². The smallest absolute Gasteiger partial charge is 0.227 e. The van der Waals surface area contributed by atoms with Crippen molar-refractivity contribution in [3.05, 3.63) is 60.2 Å². The van der Waals surface area contributed by atoms with E-state index in [-0.39, 0.29) is 17.6 Å². The van der Waals surface area contributed by atoms with Crippen molar-refractivity contribution in [2.24, 2.45) is 0 Å². The van der Waals surface area contributed by atoms with E-state index in [9.17, 15) is 9.18 Å². The maximum Gasteiger partial charge on any atom is 0.227 e. The second-order valence-corrected chi connectivity index (χ2v) is 7.55. The molecule has 1 aliphatic heterocycles. The van der Waals surface area contributed by atoms with E-state index in [0.717, 1.165) is 35.5 Å². The number of fused-ring (bicyclic) bond motifs is 1. The molecule has 28 heavy (non-hydrogen) atoms. The first-order valence-electron chi connectivity index (χ1n) is 10.2. The van der Waals surface area contributed by atoms with Gasteiger partial charge < -0.3 is 9.47 Å². The largest absolute Gasteiger partial charge is 0.328 e. The van der Waals surface area contributed by atoms with Crippen molar-refractivity contribution >= 4 is 22.6 Å². The molecule has 0 spiro atoms. The molecular weight excluding hydrogens is 353 g/mol. The fraction of sp³-hybridized carbons (Fsp3) is 0.391. The zero-order valence-corrected chi connectivity index (χ0v) is 16.3. The number of imidazole rings is 1. The maximum absolute atomic E-state index is 13.2. The van der Waals surface area contributed by atoms with Crippen LogP contribution in [0.1, 0.15) is 50.8 Å². The summed E-state index contributed by atoms with van der Waals surface area (Å²) in [6.45, 7) is 3.73. The number of para-hydroxylation sites is 2. The summed E-state index contributed by atoms with van der Waals surface area (Å²) in [6, 6.07) is 14.3. The van der Waals surface area contributed by atoms with E-state index in [2.05, 4.69) is 17.6 Å². The Labute approximate surface area is 165 Å². The molecule has 1 unspecified atom stereocenters. The van der Waals surface area contributed by atoms with Gasteiger partial charge in [-0.2, -0.15) is 0 Å². The van der Waals surface area contributed by atoms with Crippen molar-refractivity contribution in [2.75, 3.05) is 11.4 Å². The van der Waals surface area contributed by atoms with Crippen LogP contribution < -0.4 is 4.90 Å². The third-order valence-corrected chi connectivity index (χ3v) is 5.55. The second kappa shape index (κ2) is 8.13. The Morgan fingerprint density at radius 2 is 1.86 bits per heavy atom. The van der Waals surface area contributed by atoms with E-state index in [4.69, 9.17) is 4.98 Å². The molecular formula is C23H26FN3O. The lowest BCUT2D eigenvalue weighted by Crippen LogP contribution is -2.24. The van der Waals surface area contributed by atoms with Crippen molar-refractivity contribution in [1.82, 2.24) is 9.55 Å². The molecule has 5 heteroatoms. The monoisotopic (exact) mass is 379 g/mol. The zero-order chi connectivity index (χ0) is 19.5. The van der Waals surface area contributed by atoms with Crippen molar-refractivity contribution in [3.8, 4) is 0 Å². The first-order chi connectivity index (χ1) is 13.7. The first-order valence-corrected chi connectivity index (χ1v) is 10.2. The number of halogens is 1. The van der Waals surface area contributed by atoms with Gasteiger partial charge in [0, 0.05) is 31.1 Å². The van der Waals surface area contributed by atoms with Gasteiger partial charge in [-0.15, -0.1) is 0 Å². The van der Waals surface area contributed by atoms with Gasteiger partial charge in [-0.1, -0.05) is 38.3 Å². The summed E-state index contributed by atoms with van der Waals surface area (Å²) >= 11 is 0. The highest BCUT2D eigenvalue weighted by atomic mass is 19.1. The van der Waals surface area contributed by atoms with Crippen molar-refractivity contribution in [1.29, 1.82) is 0 Å². The number of amides is 1. The summed E-state index contributed by atoms with van der Waals surface area (Å²) in [6.07, 6.45) is 5.20. The molecule has 1 fully saturated rings. The van der Waals surface area contributed by atoms with Gasteiger partial charge in [-0.25, -0.2) is 9.37 Å². The molecule has 4 nitrogen and oxygen atoms in total. The molecule has 0 bridgehead atoms. The molecule has 0 aliphatic carbocycles. The number of aryl methyl sites for hydroxylation is 1. The second-order valence-electron chi connectivity index (χ2n) is 7.55. The molecule has 1 amide bonds. The average Bonchev–Trinajstić information content (AvgIpc) is 3.27. The first kappa shape index (κ1) is 18.7. The van der Waals surface area contributed by atoms with E-state index in [1.54, 1.807) is 17.0 Å². The van der Waals surface area contributed by atoms with Crippen LogP contribution in [0.15, 0.2) is 48.5 Å². The van der Waals surface area contributed by atoms with E-state index in [1.165, 1.54) is 31.4 Å². The molecule has 2 aromatic carbocycles. The van der Waals surface area contributed by atoms with Crippen LogP contribution in [0, 0.1) is 5.82 Å². The molecule has 0 saturated carbocycles. The number of nitrogens with zero attached hydrogens (tertiary/aromatic N) is 3. The predicted molar refractivity (Wildman–Crippen MR) is 110 cm³/mol. The number of anilines is 1. The Kier molecular flexibility index (Phi) is 5.42. The number of hydrogen-bond donors (Lipinski definition) is 0. The lowest BCUT2D eigenvalue weighted by Gasteiger charge is -2.17. The van der Waals surface area contributed by atoms with Gasteiger partial charge in [0.05, 0.1) is 11.0 Å². The fourth-order valence-corrected chi connectivity index (χ4v) is 4.09. The lowest BCUT2D eigenvalue weighted by atomic mass is 10.1. The molecule has 4 rings (SSSR count). The summed E-state index contributed by atoms with van der Waals surface area (Å²) in [7, 11) is 0. The van der Waals surface area contributed by atoms with Crippen molar-refractivity contribution in [2.45, 2.75) is 51.5 Å². The van der Waals surface area contributed by atoms with Crippen molar-refractivity contribution in [3.63, 3.8) is 0 Å². The third kappa shape index (κ3) is 3.66. The molecule has 2 heterocycles. The molecule has 146 valence electrons. The van der Waals surface area contributed by atoms with Crippen LogP contribution in [0.3, 0.4) is 0 Å². The Morgan fingerprint density at radius 1 is 1.07 bits per heavy atom. The quantitative estimate of drug-likeness (QED) is 0.524. The van der Waals surface area contributed by atoms with Crippen LogP contribution in [0.4, 0.5) is 10.1 Å². The van der Waals surface area contributed by atoms with E-state index in [0.29, 0.717) is 13.0 Å². The minimum Gasteiger partial charge on any atom is -0.328 e.